The summed E-state index contributed by atoms with van der Waals surface area (Å²) in [5.41, 5.74) is 3.79. The number of aromatic nitrogens is 2. The number of hydrogen-bond acceptors (Lipinski definition) is 14. The van der Waals surface area contributed by atoms with Gasteiger partial charge < -0.3 is 47.7 Å². The maximum Gasteiger partial charge on any atom is 0.573 e. The number of aliphatic carboxylic acids is 1. The van der Waals surface area contributed by atoms with Crippen molar-refractivity contribution in [3.05, 3.63) is 179 Å². The fourth-order valence-corrected chi connectivity index (χ4v) is 7.96. The number of phenols is 1. The van der Waals surface area contributed by atoms with E-state index in [1.165, 1.54) is 41.7 Å². The minimum absolute atomic E-state index is 0. The van der Waals surface area contributed by atoms with E-state index >= 15 is 0 Å². The van der Waals surface area contributed by atoms with Crippen LogP contribution in [0.5, 0.6) is 34.5 Å². The number of rotatable bonds is 18. The van der Waals surface area contributed by atoms with Crippen molar-refractivity contribution in [3.8, 4) is 34.5 Å². The van der Waals surface area contributed by atoms with Crippen LogP contribution in [0.1, 0.15) is 71.3 Å². The number of amides is 2. The third kappa shape index (κ3) is 20.5. The largest absolute Gasteiger partial charge is 0.573 e. The van der Waals surface area contributed by atoms with Gasteiger partial charge in [0.2, 0.25) is 5.91 Å². The van der Waals surface area contributed by atoms with Crippen molar-refractivity contribution in [3.63, 3.8) is 0 Å². The van der Waals surface area contributed by atoms with Crippen LogP contribution in [0.2, 0.25) is 0 Å². The van der Waals surface area contributed by atoms with E-state index in [2.05, 4.69) is 45.2 Å². The Balaban J connectivity index is 0.000000234. The molecule has 8 rings (SSSR count). The highest BCUT2D eigenvalue weighted by atomic mass is 79.9. The average Bonchev–Trinajstić information content (AvgIpc) is 4.32. The summed E-state index contributed by atoms with van der Waals surface area (Å²) >= 11 is 2.96. The van der Waals surface area contributed by atoms with E-state index in [1.54, 1.807) is 42.5 Å². The topological polar surface area (TPSA) is 202 Å². The predicted octanol–water partition coefficient (Wildman–Crippen LogP) is 14.2. The average molecular weight is 1240 g/mol. The van der Waals surface area contributed by atoms with Crippen molar-refractivity contribution in [1.82, 2.24) is 15.2 Å². The van der Waals surface area contributed by atoms with E-state index in [0.29, 0.717) is 35.0 Å². The minimum atomic E-state index is -5.24. The standard InChI is InChI=1S/C22H20N2O5.C21H15F6NO6.C9H5BrF6O2.CH4/c25-18-8-6-16(7-9-18)19(20-10-11-29-23-20)13-21(26)24-17(14-28-22(24)27)12-15-4-2-1-3-5-15;22-20(23,24)33-17-6-1-12(9-18(17)34-21(25,26)27)11-31-14-4-2-13(3-5-14)15(10-19(29)30)16-7-8-32-28-16;10-4-5-1-2-6(17-8(11,12)13)7(3-5)18-9(14,15)16;/h1-11,17,19,25H,12-14H2;1-9,15H,10-11H2,(H,29,30);1-3H,4H2;1H4/t17-,19-;15-;;/m00../s1. The number of cyclic esters (lactones) is 1. The molecule has 0 radical (unpaired) electrons. The highest BCUT2D eigenvalue weighted by Gasteiger charge is 2.40. The van der Waals surface area contributed by atoms with E-state index < -0.39 is 72.3 Å². The van der Waals surface area contributed by atoms with Gasteiger partial charge in [-0.2, -0.15) is 0 Å². The van der Waals surface area contributed by atoms with Crippen molar-refractivity contribution in [2.45, 2.75) is 82.0 Å². The van der Waals surface area contributed by atoms with Crippen LogP contribution in [-0.2, 0) is 32.7 Å². The van der Waals surface area contributed by atoms with Crippen LogP contribution in [0.15, 0.2) is 149 Å². The number of alkyl halides is 13. The number of carbonyl (C=O) groups is 3. The number of halogens is 13. The van der Waals surface area contributed by atoms with Gasteiger partial charge in [-0.25, -0.2) is 9.69 Å². The van der Waals surface area contributed by atoms with Gasteiger partial charge in [0, 0.05) is 35.7 Å². The first-order valence-corrected chi connectivity index (χ1v) is 24.2. The first kappa shape index (κ1) is 64.2. The zero-order chi connectivity index (χ0) is 59.1. The molecule has 0 bridgehead atoms. The summed E-state index contributed by atoms with van der Waals surface area (Å²) in [6.07, 6.45) is -18.2. The van der Waals surface area contributed by atoms with Gasteiger partial charge >= 0.3 is 37.5 Å². The summed E-state index contributed by atoms with van der Waals surface area (Å²) in [7, 11) is 0. The Morgan fingerprint density at radius 3 is 1.54 bits per heavy atom. The maximum absolute atomic E-state index is 13.1. The van der Waals surface area contributed by atoms with Gasteiger partial charge in [-0.05, 0) is 82.8 Å². The molecule has 1 aliphatic heterocycles. The molecule has 2 aromatic heterocycles. The van der Waals surface area contributed by atoms with Gasteiger partial charge in [0.25, 0.3) is 0 Å². The quantitative estimate of drug-likeness (QED) is 0.0606. The van der Waals surface area contributed by atoms with Crippen LogP contribution < -0.4 is 23.7 Å². The first-order chi connectivity index (χ1) is 38.1. The molecule has 2 amide bonds. The number of carbonyl (C=O) groups excluding carboxylic acids is 2. The molecule has 2 N–H and O–H groups in total. The monoisotopic (exact) mass is 1240 g/mol. The Morgan fingerprint density at radius 1 is 0.610 bits per heavy atom. The van der Waals surface area contributed by atoms with Gasteiger partial charge in [-0.3, -0.25) is 9.59 Å². The van der Waals surface area contributed by atoms with Crippen molar-refractivity contribution >= 4 is 33.9 Å². The smallest absolute Gasteiger partial charge is 0.508 e. The molecule has 29 heteroatoms. The lowest BCUT2D eigenvalue weighted by Crippen LogP contribution is -2.40. The minimum Gasteiger partial charge on any atom is -0.508 e. The number of benzene rings is 5. The van der Waals surface area contributed by atoms with E-state index in [-0.39, 0.29) is 67.8 Å². The van der Waals surface area contributed by atoms with Gasteiger partial charge in [0.15, 0.2) is 23.0 Å². The first-order valence-electron chi connectivity index (χ1n) is 23.0. The molecule has 3 heterocycles. The Morgan fingerprint density at radius 2 is 1.07 bits per heavy atom. The van der Waals surface area contributed by atoms with Crippen LogP contribution >= 0.6 is 15.9 Å². The Bertz CT molecular complexity index is 3130. The van der Waals surface area contributed by atoms with E-state index in [4.69, 9.17) is 23.6 Å². The fraction of sp³-hybridized carbons (Fsp3) is 0.264. The van der Waals surface area contributed by atoms with E-state index in [0.717, 1.165) is 35.4 Å². The molecule has 82 heavy (non-hydrogen) atoms. The maximum atomic E-state index is 13.1. The zero-order valence-electron chi connectivity index (χ0n) is 40.9. The van der Waals surface area contributed by atoms with Crippen LogP contribution in [0.3, 0.4) is 0 Å². The van der Waals surface area contributed by atoms with Crippen molar-refractivity contribution < 1.29 is 115 Å². The third-order valence-corrected chi connectivity index (χ3v) is 11.6. The lowest BCUT2D eigenvalue weighted by Gasteiger charge is -2.22. The summed E-state index contributed by atoms with van der Waals surface area (Å²) in [5.74, 6) is -6.42. The van der Waals surface area contributed by atoms with Gasteiger partial charge in [-0.15, -0.1) is 52.7 Å². The Labute approximate surface area is 464 Å². The second kappa shape index (κ2) is 28.2. The molecule has 1 saturated heterocycles. The number of carboxylic acids is 1. The van der Waals surface area contributed by atoms with Crippen molar-refractivity contribution in [2.75, 3.05) is 6.61 Å². The number of imide groups is 1. The van der Waals surface area contributed by atoms with Crippen molar-refractivity contribution in [2.24, 2.45) is 0 Å². The van der Waals surface area contributed by atoms with Gasteiger partial charge in [0.1, 0.15) is 37.2 Å². The summed E-state index contributed by atoms with van der Waals surface area (Å²) < 4.78 is 182. The lowest BCUT2D eigenvalue weighted by atomic mass is 9.91. The second-order valence-electron chi connectivity index (χ2n) is 16.8. The Hall–Kier alpha value is -8.63. The van der Waals surface area contributed by atoms with E-state index in [1.807, 2.05) is 30.3 Å². The molecule has 16 nitrogen and oxygen atoms in total. The van der Waals surface area contributed by atoms with Crippen LogP contribution in [0.4, 0.5) is 57.5 Å². The summed E-state index contributed by atoms with van der Waals surface area (Å²) in [5, 5.41) is 26.6. The molecule has 3 atom stereocenters. The molecule has 0 spiro atoms. The summed E-state index contributed by atoms with van der Waals surface area (Å²) in [6, 6.07) is 30.5. The number of phenolic OH excluding ortho intramolecular Hbond substituents is 1. The molecule has 7 aromatic rings. The van der Waals surface area contributed by atoms with Crippen LogP contribution in [0.25, 0.3) is 0 Å². The molecular weight excluding hydrogens is 1190 g/mol. The highest BCUT2D eigenvalue weighted by Crippen LogP contribution is 2.39. The number of ether oxygens (including phenoxy) is 6. The normalized spacial score (nSPS) is 14.1. The number of nitrogens with zero attached hydrogens (tertiary/aromatic N) is 3. The van der Waals surface area contributed by atoms with Crippen LogP contribution in [-0.4, -0.2) is 81.5 Å². The molecule has 0 aliphatic carbocycles. The molecule has 1 aliphatic rings. The number of hydrogen-bond donors (Lipinski definition) is 2. The Kier molecular flexibility index (Phi) is 22.1. The molecule has 0 unspecified atom stereocenters. The molecule has 5 aromatic carbocycles. The molecule has 1 fully saturated rings. The highest BCUT2D eigenvalue weighted by molar-refractivity contribution is 9.08. The van der Waals surface area contributed by atoms with Gasteiger partial charge in [-0.1, -0.05) is 100 Å². The van der Waals surface area contributed by atoms with Crippen molar-refractivity contribution in [1.29, 1.82) is 0 Å². The number of aromatic hydroxyl groups is 1. The summed E-state index contributed by atoms with van der Waals surface area (Å²) in [4.78, 5) is 37.8. The SMILES string of the molecule is C.FC(F)(F)Oc1ccc(CBr)cc1OC(F)(F)F.O=C(C[C@@H](c1ccc(O)cc1)c1ccon1)N1C(=O)OC[C@@H]1Cc1ccccc1.O=C(O)C[C@@H](c1ccc(OCc2ccc(OC(F)(F)F)c(OC(F)(F)F)c2)cc1)c1ccon1. The molecule has 440 valence electrons. The fourth-order valence-electron chi connectivity index (χ4n) is 7.61. The number of carboxylic acid groups (broad SMARTS) is 1. The summed E-state index contributed by atoms with van der Waals surface area (Å²) in [6.45, 7) is -0.130. The van der Waals surface area contributed by atoms with Gasteiger partial charge in [0.05, 0.1) is 23.9 Å². The predicted molar refractivity (Wildman–Crippen MR) is 264 cm³/mol. The second-order valence-corrected chi connectivity index (χ2v) is 17.3. The van der Waals surface area contributed by atoms with Crippen LogP contribution in [0, 0.1) is 0 Å². The van der Waals surface area contributed by atoms with E-state index in [9.17, 15) is 72.2 Å². The molecular formula is C53H44BrF12N3O13. The third-order valence-electron chi connectivity index (χ3n) is 11.0. The zero-order valence-corrected chi connectivity index (χ0v) is 42.5. The lowest BCUT2D eigenvalue weighted by molar-refractivity contribution is -0.287. The molecule has 0 saturated carbocycles.